The van der Waals surface area contributed by atoms with Crippen LogP contribution in [-0.2, 0) is 30.0 Å². The Morgan fingerprint density at radius 3 is 2.14 bits per heavy atom. The Labute approximate surface area is 213 Å². The van der Waals surface area contributed by atoms with E-state index >= 15 is 0 Å². The zero-order valence-corrected chi connectivity index (χ0v) is 20.9. The SMILES string of the molecule is COC(=O)c1cc(NC(=O)[C@H]2CN(S(=O)(=O)Cc3ccccc3)c3ccccc3O2)cc(C(=O)OC)c1. The Hall–Kier alpha value is -4.38. The van der Waals surface area contributed by atoms with Gasteiger partial charge < -0.3 is 19.5 Å². The van der Waals surface area contributed by atoms with E-state index in [9.17, 15) is 22.8 Å². The number of benzene rings is 3. The Kier molecular flexibility index (Phi) is 7.44. The lowest BCUT2D eigenvalue weighted by atomic mass is 10.1. The zero-order chi connectivity index (χ0) is 26.6. The van der Waals surface area contributed by atoms with Crippen molar-refractivity contribution >= 4 is 39.2 Å². The number of ether oxygens (including phenoxy) is 3. The van der Waals surface area contributed by atoms with Gasteiger partial charge in [-0.1, -0.05) is 42.5 Å². The lowest BCUT2D eigenvalue weighted by molar-refractivity contribution is -0.122. The quantitative estimate of drug-likeness (QED) is 0.467. The molecule has 37 heavy (non-hydrogen) atoms. The second-order valence-corrected chi connectivity index (χ2v) is 10.0. The van der Waals surface area contributed by atoms with Crippen LogP contribution in [-0.4, -0.2) is 53.1 Å². The number of carbonyl (C=O) groups excluding carboxylic acids is 3. The summed E-state index contributed by atoms with van der Waals surface area (Å²) in [4.78, 5) is 37.4. The Morgan fingerprint density at radius 2 is 1.51 bits per heavy atom. The highest BCUT2D eigenvalue weighted by molar-refractivity contribution is 7.92. The fraction of sp³-hybridized carbons (Fsp3) is 0.192. The molecule has 1 aliphatic rings. The smallest absolute Gasteiger partial charge is 0.337 e. The third-order valence-corrected chi connectivity index (χ3v) is 7.31. The molecule has 1 N–H and O–H groups in total. The molecule has 0 aliphatic carbocycles. The van der Waals surface area contributed by atoms with Gasteiger partial charge in [0.15, 0.2) is 6.10 Å². The van der Waals surface area contributed by atoms with Gasteiger partial charge in [0.25, 0.3) is 5.91 Å². The van der Waals surface area contributed by atoms with E-state index in [2.05, 4.69) is 5.32 Å². The van der Waals surface area contributed by atoms with Gasteiger partial charge in [-0.05, 0) is 35.9 Å². The molecule has 0 radical (unpaired) electrons. The molecule has 11 heteroatoms. The number of carbonyl (C=O) groups is 3. The molecular weight excluding hydrogens is 500 g/mol. The number of rotatable bonds is 7. The molecule has 0 aromatic heterocycles. The van der Waals surface area contributed by atoms with Gasteiger partial charge in [0, 0.05) is 5.69 Å². The Bertz CT molecular complexity index is 1410. The molecule has 1 aliphatic heterocycles. The van der Waals surface area contributed by atoms with E-state index in [1.807, 2.05) is 0 Å². The van der Waals surface area contributed by atoms with Crippen molar-refractivity contribution in [2.24, 2.45) is 0 Å². The van der Waals surface area contributed by atoms with Gasteiger partial charge in [0.05, 0.1) is 43.3 Å². The van der Waals surface area contributed by atoms with Crippen LogP contribution < -0.4 is 14.4 Å². The Morgan fingerprint density at radius 1 is 0.919 bits per heavy atom. The number of para-hydroxylation sites is 2. The maximum Gasteiger partial charge on any atom is 0.337 e. The molecular formula is C26H24N2O8S. The van der Waals surface area contributed by atoms with E-state index in [0.29, 0.717) is 11.3 Å². The predicted molar refractivity (Wildman–Crippen MR) is 135 cm³/mol. The van der Waals surface area contributed by atoms with E-state index in [4.69, 9.17) is 14.2 Å². The van der Waals surface area contributed by atoms with Crippen LogP contribution in [0.5, 0.6) is 5.75 Å². The van der Waals surface area contributed by atoms with Crippen molar-refractivity contribution in [3.8, 4) is 5.75 Å². The van der Waals surface area contributed by atoms with Gasteiger partial charge in [-0.2, -0.15) is 0 Å². The fourth-order valence-electron chi connectivity index (χ4n) is 3.86. The molecule has 1 heterocycles. The lowest BCUT2D eigenvalue weighted by Crippen LogP contribution is -2.49. The molecule has 192 valence electrons. The maximum atomic E-state index is 13.4. The molecule has 1 atom stereocenters. The molecule has 3 aromatic rings. The van der Waals surface area contributed by atoms with Gasteiger partial charge in [-0.15, -0.1) is 0 Å². The highest BCUT2D eigenvalue weighted by Crippen LogP contribution is 2.36. The monoisotopic (exact) mass is 524 g/mol. The van der Waals surface area contributed by atoms with Crippen LogP contribution in [0.25, 0.3) is 0 Å². The summed E-state index contributed by atoms with van der Waals surface area (Å²) in [5.41, 5.74) is 1.06. The van der Waals surface area contributed by atoms with Crippen LogP contribution in [0, 0.1) is 0 Å². The summed E-state index contributed by atoms with van der Waals surface area (Å²) in [7, 11) is -1.51. The standard InChI is InChI=1S/C26H24N2O8S/c1-34-25(30)18-12-19(26(31)35-2)14-20(13-18)27-24(29)23-15-28(21-10-6-7-11-22(21)36-23)37(32,33)16-17-8-4-3-5-9-17/h3-14,23H,15-16H2,1-2H3,(H,27,29)/t23-/m1/s1. The number of esters is 2. The highest BCUT2D eigenvalue weighted by Gasteiger charge is 2.37. The molecule has 0 spiro atoms. The molecule has 4 rings (SSSR count). The minimum absolute atomic E-state index is 0.0164. The molecule has 0 unspecified atom stereocenters. The second-order valence-electron chi connectivity index (χ2n) is 8.12. The van der Waals surface area contributed by atoms with Crippen LogP contribution in [0.1, 0.15) is 26.3 Å². The third-order valence-electron chi connectivity index (χ3n) is 5.60. The largest absolute Gasteiger partial charge is 0.476 e. The molecule has 0 saturated heterocycles. The van der Waals surface area contributed by atoms with E-state index in [1.165, 1.54) is 32.4 Å². The highest BCUT2D eigenvalue weighted by atomic mass is 32.2. The van der Waals surface area contributed by atoms with E-state index < -0.39 is 34.0 Å². The van der Waals surface area contributed by atoms with Crippen LogP contribution in [0.15, 0.2) is 72.8 Å². The summed E-state index contributed by atoms with van der Waals surface area (Å²) in [5.74, 6) is -2.15. The van der Waals surface area contributed by atoms with E-state index in [-0.39, 0.29) is 34.9 Å². The van der Waals surface area contributed by atoms with Crippen molar-refractivity contribution in [2.75, 3.05) is 30.4 Å². The van der Waals surface area contributed by atoms with Crippen LogP contribution in [0.4, 0.5) is 11.4 Å². The zero-order valence-electron chi connectivity index (χ0n) is 20.0. The molecule has 10 nitrogen and oxygen atoms in total. The summed E-state index contributed by atoms with van der Waals surface area (Å²) < 4.78 is 43.2. The number of hydrogen-bond donors (Lipinski definition) is 1. The van der Waals surface area contributed by atoms with Crippen LogP contribution in [0.3, 0.4) is 0 Å². The summed E-state index contributed by atoms with van der Waals surface area (Å²) in [6, 6.07) is 19.2. The predicted octanol–water partition coefficient (Wildman–Crippen LogP) is 3.00. The second kappa shape index (κ2) is 10.7. The number of amides is 1. The normalized spacial score (nSPS) is 14.6. The van der Waals surface area contributed by atoms with E-state index in [0.717, 1.165) is 4.31 Å². The molecule has 0 fully saturated rings. The van der Waals surface area contributed by atoms with Crippen molar-refractivity contribution in [3.05, 3.63) is 89.5 Å². The average Bonchev–Trinajstić information content (AvgIpc) is 2.91. The summed E-state index contributed by atoms with van der Waals surface area (Å²) in [6.07, 6.45) is -1.22. The van der Waals surface area contributed by atoms with Crippen molar-refractivity contribution in [1.82, 2.24) is 0 Å². The average molecular weight is 525 g/mol. The molecule has 0 bridgehead atoms. The summed E-state index contributed by atoms with van der Waals surface area (Å²) in [5, 5.41) is 2.60. The number of hydrogen-bond acceptors (Lipinski definition) is 8. The Balaban J connectivity index is 1.62. The topological polar surface area (TPSA) is 128 Å². The van der Waals surface area contributed by atoms with Crippen molar-refractivity contribution in [2.45, 2.75) is 11.9 Å². The summed E-state index contributed by atoms with van der Waals surface area (Å²) in [6.45, 7) is -0.279. The first-order chi connectivity index (χ1) is 17.7. The van der Waals surface area contributed by atoms with Crippen molar-refractivity contribution < 1.29 is 37.0 Å². The fourth-order valence-corrected chi connectivity index (χ4v) is 5.44. The first-order valence-electron chi connectivity index (χ1n) is 11.1. The number of nitrogens with zero attached hydrogens (tertiary/aromatic N) is 1. The first-order valence-corrected chi connectivity index (χ1v) is 12.8. The van der Waals surface area contributed by atoms with Crippen LogP contribution >= 0.6 is 0 Å². The van der Waals surface area contributed by atoms with Gasteiger partial charge in [-0.25, -0.2) is 18.0 Å². The minimum Gasteiger partial charge on any atom is -0.476 e. The molecule has 0 saturated carbocycles. The van der Waals surface area contributed by atoms with Gasteiger partial charge in [0.2, 0.25) is 10.0 Å². The third kappa shape index (κ3) is 5.72. The van der Waals surface area contributed by atoms with Gasteiger partial charge in [0.1, 0.15) is 5.75 Å². The van der Waals surface area contributed by atoms with Gasteiger partial charge >= 0.3 is 11.9 Å². The van der Waals surface area contributed by atoms with Gasteiger partial charge in [-0.3, -0.25) is 9.10 Å². The van der Waals surface area contributed by atoms with Crippen molar-refractivity contribution in [1.29, 1.82) is 0 Å². The molecule has 1 amide bonds. The number of anilines is 2. The van der Waals surface area contributed by atoms with Crippen molar-refractivity contribution in [3.63, 3.8) is 0 Å². The first kappa shape index (κ1) is 25.7. The van der Waals surface area contributed by atoms with E-state index in [1.54, 1.807) is 54.6 Å². The van der Waals surface area contributed by atoms with Crippen LogP contribution in [0.2, 0.25) is 0 Å². The lowest BCUT2D eigenvalue weighted by Gasteiger charge is -2.34. The molecule has 3 aromatic carbocycles. The number of fused-ring (bicyclic) bond motifs is 1. The number of sulfonamides is 1. The number of nitrogens with one attached hydrogen (secondary N) is 1. The number of methoxy groups -OCH3 is 2. The minimum atomic E-state index is -3.88. The maximum absolute atomic E-state index is 13.4. The summed E-state index contributed by atoms with van der Waals surface area (Å²) >= 11 is 0.